The van der Waals surface area contributed by atoms with E-state index in [1.54, 1.807) is 30.3 Å². The summed E-state index contributed by atoms with van der Waals surface area (Å²) in [4.78, 5) is 26.1. The molecule has 5 atom stereocenters. The summed E-state index contributed by atoms with van der Waals surface area (Å²) in [6.07, 6.45) is -5.84. The van der Waals surface area contributed by atoms with Crippen molar-refractivity contribution in [2.45, 2.75) is 48.8 Å². The molecular formula is C18H20F3NO8S2. The highest BCUT2D eigenvalue weighted by atomic mass is 32.2. The summed E-state index contributed by atoms with van der Waals surface area (Å²) in [7, 11) is -6.22. The number of fused-ring (bicyclic) bond motifs is 1. The van der Waals surface area contributed by atoms with Crippen molar-refractivity contribution in [2.75, 3.05) is 12.4 Å². The lowest BCUT2D eigenvalue weighted by Gasteiger charge is -2.43. The fraction of sp³-hybridized carbons (Fsp3) is 0.556. The average molecular weight is 499 g/mol. The van der Waals surface area contributed by atoms with Gasteiger partial charge >= 0.3 is 21.6 Å². The molecule has 2 aliphatic rings. The Bertz CT molecular complexity index is 943. The molecule has 2 heterocycles. The second-order valence-electron chi connectivity index (χ2n) is 6.91. The van der Waals surface area contributed by atoms with E-state index in [0.29, 0.717) is 5.56 Å². The lowest BCUT2D eigenvalue weighted by atomic mass is 9.99. The Morgan fingerprint density at radius 3 is 2.53 bits per heavy atom. The largest absolute Gasteiger partial charge is 0.523 e. The average Bonchev–Trinajstić information content (AvgIpc) is 3.16. The molecule has 178 valence electrons. The minimum Gasteiger partial charge on any atom is -0.464 e. The Balaban J connectivity index is 1.92. The monoisotopic (exact) mass is 499 g/mol. The van der Waals surface area contributed by atoms with E-state index < -0.39 is 57.2 Å². The van der Waals surface area contributed by atoms with Gasteiger partial charge in [0, 0.05) is 5.75 Å². The molecule has 2 fully saturated rings. The third kappa shape index (κ3) is 4.88. The van der Waals surface area contributed by atoms with E-state index in [9.17, 15) is 36.3 Å². The number of hydrogen-bond donors (Lipinski definition) is 1. The van der Waals surface area contributed by atoms with E-state index in [1.807, 2.05) is 0 Å². The molecular weight excluding hydrogens is 479 g/mol. The van der Waals surface area contributed by atoms with Crippen molar-refractivity contribution in [2.24, 2.45) is 0 Å². The maximum absolute atomic E-state index is 12.9. The first-order chi connectivity index (χ1) is 15.0. The van der Waals surface area contributed by atoms with Gasteiger partial charge in [-0.25, -0.2) is 8.98 Å². The number of carbonyl (C=O) groups is 2. The van der Waals surface area contributed by atoms with Crippen LogP contribution in [-0.4, -0.2) is 77.9 Å². The second kappa shape index (κ2) is 9.55. The Morgan fingerprint density at radius 1 is 1.28 bits per heavy atom. The number of esters is 1. The Kier molecular flexibility index (Phi) is 7.39. The van der Waals surface area contributed by atoms with Crippen LogP contribution < -0.4 is 0 Å². The van der Waals surface area contributed by atoms with Gasteiger partial charge < -0.3 is 19.5 Å². The van der Waals surface area contributed by atoms with Crippen molar-refractivity contribution in [3.05, 3.63) is 35.9 Å². The minimum absolute atomic E-state index is 0.00829. The summed E-state index contributed by atoms with van der Waals surface area (Å²) in [6, 6.07) is 7.38. The van der Waals surface area contributed by atoms with Gasteiger partial charge in [0.2, 0.25) is 0 Å². The number of aliphatic hydroxyl groups excluding tert-OH is 1. The molecule has 0 unspecified atom stereocenters. The molecule has 1 aromatic carbocycles. The summed E-state index contributed by atoms with van der Waals surface area (Å²) < 4.78 is 76.4. The van der Waals surface area contributed by atoms with E-state index in [2.05, 4.69) is 4.18 Å². The van der Waals surface area contributed by atoms with Crippen molar-refractivity contribution in [3.8, 4) is 0 Å². The van der Waals surface area contributed by atoms with Crippen molar-refractivity contribution >= 4 is 33.8 Å². The van der Waals surface area contributed by atoms with E-state index >= 15 is 0 Å². The number of piperidine rings is 1. The molecule has 0 spiro atoms. The van der Waals surface area contributed by atoms with Gasteiger partial charge in [0.1, 0.15) is 23.6 Å². The third-order valence-corrected chi connectivity index (χ3v) is 7.19. The first-order valence-electron chi connectivity index (χ1n) is 9.41. The third-order valence-electron chi connectivity index (χ3n) is 4.82. The van der Waals surface area contributed by atoms with Gasteiger partial charge in [-0.3, -0.25) is 4.79 Å². The topological polar surface area (TPSA) is 119 Å². The van der Waals surface area contributed by atoms with E-state index in [4.69, 9.17) is 9.47 Å². The van der Waals surface area contributed by atoms with Gasteiger partial charge in [-0.05, 0) is 12.5 Å². The molecule has 2 aliphatic heterocycles. The number of carbonyl (C=O) groups excluding carboxylic acids is 2. The van der Waals surface area contributed by atoms with Gasteiger partial charge in [0.25, 0.3) is 5.91 Å². The first-order valence-corrected chi connectivity index (χ1v) is 11.9. The molecule has 0 aliphatic carbocycles. The normalized spacial score (nSPS) is 28.5. The number of aliphatic hydroxyl groups is 1. The summed E-state index contributed by atoms with van der Waals surface area (Å²) in [5.74, 6) is -2.07. The Morgan fingerprint density at radius 2 is 1.94 bits per heavy atom. The zero-order chi connectivity index (χ0) is 23.7. The first kappa shape index (κ1) is 24.8. The highest BCUT2D eigenvalue weighted by molar-refractivity contribution is 8.00. The van der Waals surface area contributed by atoms with Gasteiger partial charge in [-0.2, -0.15) is 21.6 Å². The van der Waals surface area contributed by atoms with Gasteiger partial charge in [-0.1, -0.05) is 30.3 Å². The van der Waals surface area contributed by atoms with Crippen molar-refractivity contribution in [1.29, 1.82) is 0 Å². The highest BCUT2D eigenvalue weighted by Gasteiger charge is 2.60. The maximum Gasteiger partial charge on any atom is 0.523 e. The summed E-state index contributed by atoms with van der Waals surface area (Å²) >= 11 is 1.06. The molecule has 0 radical (unpaired) electrons. The number of amides is 1. The molecule has 1 amide bonds. The maximum atomic E-state index is 12.9. The second-order valence-corrected chi connectivity index (χ2v) is 9.62. The SMILES string of the molecule is CCOC(=O)[C@@H]1CS[C@H]2[C@@H](OCc3ccccc3)[C@H](O)[C@H](OS(=O)(=O)C(F)(F)F)C(=O)N12. The van der Waals surface area contributed by atoms with E-state index in [1.165, 1.54) is 6.92 Å². The zero-order valence-corrected chi connectivity index (χ0v) is 18.2. The summed E-state index contributed by atoms with van der Waals surface area (Å²) in [6.45, 7) is 1.43. The highest BCUT2D eigenvalue weighted by Crippen LogP contribution is 2.41. The number of hydrogen-bond acceptors (Lipinski definition) is 9. The predicted molar refractivity (Wildman–Crippen MR) is 104 cm³/mol. The van der Waals surface area contributed by atoms with Crippen LogP contribution in [0.1, 0.15) is 12.5 Å². The van der Waals surface area contributed by atoms with Crippen LogP contribution in [0.3, 0.4) is 0 Å². The molecule has 0 saturated carbocycles. The van der Waals surface area contributed by atoms with E-state index in [0.717, 1.165) is 16.7 Å². The van der Waals surface area contributed by atoms with Crippen LogP contribution in [0.5, 0.6) is 0 Å². The van der Waals surface area contributed by atoms with Crippen LogP contribution in [0.4, 0.5) is 13.2 Å². The summed E-state index contributed by atoms with van der Waals surface area (Å²) in [5.41, 5.74) is -5.15. The zero-order valence-electron chi connectivity index (χ0n) is 16.6. The number of nitrogens with zero attached hydrogens (tertiary/aromatic N) is 1. The minimum atomic E-state index is -6.22. The number of alkyl halides is 3. The number of halogens is 3. The quantitative estimate of drug-likeness (QED) is 0.333. The molecule has 32 heavy (non-hydrogen) atoms. The number of ether oxygens (including phenoxy) is 2. The molecule has 1 N–H and O–H groups in total. The van der Waals surface area contributed by atoms with Crippen molar-refractivity contribution in [3.63, 3.8) is 0 Å². The van der Waals surface area contributed by atoms with Crippen LogP contribution in [0.15, 0.2) is 30.3 Å². The molecule has 14 heteroatoms. The lowest BCUT2D eigenvalue weighted by molar-refractivity contribution is -0.181. The molecule has 0 aromatic heterocycles. The molecule has 9 nitrogen and oxygen atoms in total. The fourth-order valence-corrected chi connectivity index (χ4v) is 5.45. The van der Waals surface area contributed by atoms with Crippen LogP contribution in [-0.2, 0) is 40.0 Å². The van der Waals surface area contributed by atoms with Gasteiger partial charge in [-0.15, -0.1) is 11.8 Å². The van der Waals surface area contributed by atoms with Crippen molar-refractivity contribution < 1.29 is 49.9 Å². The predicted octanol–water partition coefficient (Wildman–Crippen LogP) is 1.01. The summed E-state index contributed by atoms with van der Waals surface area (Å²) in [5, 5.41) is 9.65. The van der Waals surface area contributed by atoms with Crippen LogP contribution in [0.25, 0.3) is 0 Å². The molecule has 3 rings (SSSR count). The van der Waals surface area contributed by atoms with Gasteiger partial charge in [0.15, 0.2) is 6.10 Å². The Labute approximate surface area is 185 Å². The molecule has 0 bridgehead atoms. The van der Waals surface area contributed by atoms with E-state index in [-0.39, 0.29) is 19.0 Å². The van der Waals surface area contributed by atoms with Crippen LogP contribution in [0, 0.1) is 0 Å². The molecule has 1 aromatic rings. The van der Waals surface area contributed by atoms with Gasteiger partial charge in [0.05, 0.1) is 13.2 Å². The molecule has 2 saturated heterocycles. The number of rotatable bonds is 7. The lowest BCUT2D eigenvalue weighted by Crippen LogP contribution is -2.66. The smallest absolute Gasteiger partial charge is 0.464 e. The Hall–Kier alpha value is -1.87. The fourth-order valence-electron chi connectivity index (χ4n) is 3.35. The standard InChI is InChI=1S/C18H20F3NO8S2/c1-2-28-17(25)11-9-31-16-14(29-8-10-6-4-3-5-7-10)12(23)13(15(24)22(11)16)30-32(26,27)18(19,20)21/h3-7,11-14,16,23H,2,8-9H2,1H3/t11-,12+,13-,14-,16-/m0/s1. The number of thioether (sulfide) groups is 1. The van der Waals surface area contributed by atoms with Crippen LogP contribution >= 0.6 is 11.8 Å². The van der Waals surface area contributed by atoms with Crippen molar-refractivity contribution in [1.82, 2.24) is 4.90 Å². The van der Waals surface area contributed by atoms with Crippen LogP contribution in [0.2, 0.25) is 0 Å². The number of benzene rings is 1.